The van der Waals surface area contributed by atoms with Gasteiger partial charge in [-0.2, -0.15) is 0 Å². The van der Waals surface area contributed by atoms with Gasteiger partial charge in [0.2, 0.25) is 0 Å². The van der Waals surface area contributed by atoms with Gasteiger partial charge in [0.25, 0.3) is 5.69 Å². The van der Waals surface area contributed by atoms with E-state index in [0.29, 0.717) is 0 Å². The number of imidazole rings is 1. The molecule has 0 amide bonds. The smallest absolute Gasteiger partial charge is 0.292 e. The Morgan fingerprint density at radius 3 is 1.91 bits per heavy atom. The van der Waals surface area contributed by atoms with Crippen molar-refractivity contribution in [3.8, 4) is 11.4 Å². The van der Waals surface area contributed by atoms with Crippen LogP contribution in [-0.4, -0.2) is 21.2 Å². The van der Waals surface area contributed by atoms with Gasteiger partial charge in [0, 0.05) is 17.2 Å². The third kappa shape index (κ3) is 6.60. The van der Waals surface area contributed by atoms with Gasteiger partial charge in [-0.1, -0.05) is 84.9 Å². The number of aromatic amines is 1. The third-order valence-corrected chi connectivity index (χ3v) is 4.51. The quantitative estimate of drug-likeness (QED) is 0.157. The molecule has 0 radical (unpaired) electrons. The first-order valence-corrected chi connectivity index (χ1v) is 10.1. The summed E-state index contributed by atoms with van der Waals surface area (Å²) in [5, 5.41) is 10.1. The maximum Gasteiger partial charge on any atom is 0.292 e. The molecule has 0 saturated carbocycles. The van der Waals surface area contributed by atoms with Crippen LogP contribution < -0.4 is 5.73 Å². The van der Waals surface area contributed by atoms with E-state index in [2.05, 4.69) is 22.1 Å². The van der Waals surface area contributed by atoms with Crippen LogP contribution in [0.1, 0.15) is 10.4 Å². The Bertz CT molecular complexity index is 1290. The van der Waals surface area contributed by atoms with Crippen molar-refractivity contribution in [1.29, 1.82) is 0 Å². The van der Waals surface area contributed by atoms with Gasteiger partial charge in [0.05, 0.1) is 16.0 Å². The van der Waals surface area contributed by atoms with Crippen LogP contribution in [0.2, 0.25) is 0 Å². The molecule has 5 rings (SSSR count). The molecule has 0 spiro atoms. The number of para-hydroxylation sites is 4. The number of aromatic nitrogens is 2. The molecule has 0 atom stereocenters. The topological polar surface area (TPSA) is 115 Å². The van der Waals surface area contributed by atoms with Crippen molar-refractivity contribution in [3.63, 3.8) is 0 Å². The van der Waals surface area contributed by atoms with Crippen LogP contribution in [-0.2, 0) is 0 Å². The van der Waals surface area contributed by atoms with Gasteiger partial charge in [-0.15, -0.1) is 0 Å². The fourth-order valence-electron chi connectivity index (χ4n) is 2.87. The van der Waals surface area contributed by atoms with Crippen LogP contribution in [0.5, 0.6) is 0 Å². The van der Waals surface area contributed by atoms with E-state index in [4.69, 9.17) is 5.73 Å². The third-order valence-electron chi connectivity index (χ3n) is 4.51. The first-order valence-electron chi connectivity index (χ1n) is 10.1. The molecule has 0 aliphatic heterocycles. The monoisotopic (exact) mass is 438 g/mol. The second-order valence-electron chi connectivity index (χ2n) is 6.81. The summed E-state index contributed by atoms with van der Waals surface area (Å²) in [7, 11) is 0. The van der Waals surface area contributed by atoms with Crippen LogP contribution in [0.15, 0.2) is 109 Å². The molecule has 1 aromatic heterocycles. The lowest BCUT2D eigenvalue weighted by molar-refractivity contribution is -0.383. The number of hydrogen-bond acceptors (Lipinski definition) is 5. The minimum atomic E-state index is -0.505. The maximum atomic E-state index is 10.1. The molecule has 0 saturated heterocycles. The molecule has 7 nitrogen and oxygen atoms in total. The average Bonchev–Trinajstić information content (AvgIpc) is 3.30. The first-order chi connectivity index (χ1) is 16.1. The highest BCUT2D eigenvalue weighted by Crippen LogP contribution is 2.20. The van der Waals surface area contributed by atoms with Crippen molar-refractivity contribution >= 4 is 28.7 Å². The van der Waals surface area contributed by atoms with Gasteiger partial charge in [0.1, 0.15) is 17.8 Å². The highest BCUT2D eigenvalue weighted by molar-refractivity contribution is 5.79. The fraction of sp³-hybridized carbons (Fsp3) is 0. The zero-order valence-corrected chi connectivity index (χ0v) is 17.7. The Balaban J connectivity index is 0.000000149. The molecule has 4 aromatic carbocycles. The summed E-state index contributed by atoms with van der Waals surface area (Å²) in [6, 6.07) is 33.4. The van der Waals surface area contributed by atoms with E-state index in [1.165, 1.54) is 12.1 Å². The standard InChI is InChI=1S/C13H10N2.C7H6O.C6H6N2O2/c1-2-6-10(7-3-1)13-14-11-8-4-5-9-12(11)15-13;8-6-7-4-2-1-3-5-7;7-5-3-1-2-4-6(5)8(9)10/h1-9H,(H,14,15);1-6H;1-4H,7H2. The van der Waals surface area contributed by atoms with Gasteiger partial charge < -0.3 is 10.7 Å². The molecular formula is C26H22N4O3. The number of H-pyrrole nitrogens is 1. The number of carbonyl (C=O) groups is 1. The van der Waals surface area contributed by atoms with E-state index in [1.54, 1.807) is 24.3 Å². The minimum absolute atomic E-state index is 0.0394. The van der Waals surface area contributed by atoms with Crippen molar-refractivity contribution < 1.29 is 9.72 Å². The van der Waals surface area contributed by atoms with Crippen LogP contribution in [0.4, 0.5) is 11.4 Å². The van der Waals surface area contributed by atoms with Crippen molar-refractivity contribution in [2.45, 2.75) is 0 Å². The lowest BCUT2D eigenvalue weighted by Gasteiger charge is -1.93. The van der Waals surface area contributed by atoms with E-state index in [0.717, 1.165) is 34.3 Å². The Morgan fingerprint density at radius 2 is 1.36 bits per heavy atom. The van der Waals surface area contributed by atoms with Crippen LogP contribution in [0.25, 0.3) is 22.4 Å². The number of nitro benzene ring substituents is 1. The fourth-order valence-corrected chi connectivity index (χ4v) is 2.87. The number of fused-ring (bicyclic) bond motifs is 1. The zero-order chi connectivity index (χ0) is 23.5. The average molecular weight is 438 g/mol. The van der Waals surface area contributed by atoms with E-state index in [1.807, 2.05) is 60.7 Å². The van der Waals surface area contributed by atoms with Gasteiger partial charge >= 0.3 is 0 Å². The predicted octanol–water partition coefficient (Wildman–Crippen LogP) is 5.91. The van der Waals surface area contributed by atoms with Gasteiger partial charge in [0.15, 0.2) is 0 Å². The number of nitrogens with one attached hydrogen (secondary N) is 1. The summed E-state index contributed by atoms with van der Waals surface area (Å²) in [4.78, 5) is 27.5. The number of anilines is 1. The van der Waals surface area contributed by atoms with E-state index >= 15 is 0 Å². The number of nitrogen functional groups attached to an aromatic ring is 1. The minimum Gasteiger partial charge on any atom is -0.393 e. The zero-order valence-electron chi connectivity index (χ0n) is 17.7. The number of nitrogens with zero attached hydrogens (tertiary/aromatic N) is 2. The molecule has 3 N–H and O–H groups in total. The maximum absolute atomic E-state index is 10.1. The molecule has 33 heavy (non-hydrogen) atoms. The Labute approximate surface area is 190 Å². The van der Waals surface area contributed by atoms with Crippen molar-refractivity contribution in [3.05, 3.63) is 125 Å². The molecule has 164 valence electrons. The number of nitrogens with two attached hydrogens (primary N) is 1. The van der Waals surface area contributed by atoms with Crippen LogP contribution in [0.3, 0.4) is 0 Å². The summed E-state index contributed by atoms with van der Waals surface area (Å²) >= 11 is 0. The van der Waals surface area contributed by atoms with E-state index < -0.39 is 4.92 Å². The van der Waals surface area contributed by atoms with Crippen molar-refractivity contribution in [2.75, 3.05) is 5.73 Å². The molecule has 0 fully saturated rings. The lowest BCUT2D eigenvalue weighted by Crippen LogP contribution is -1.93. The second kappa shape index (κ2) is 11.6. The Kier molecular flexibility index (Phi) is 8.03. The summed E-state index contributed by atoms with van der Waals surface area (Å²) < 4.78 is 0. The summed E-state index contributed by atoms with van der Waals surface area (Å²) in [6.07, 6.45) is 0.833. The molecule has 0 bridgehead atoms. The SMILES string of the molecule is Nc1ccccc1[N+](=O)[O-].O=Cc1ccccc1.c1ccc(-c2nc3ccccc3[nH]2)cc1. The van der Waals surface area contributed by atoms with Crippen LogP contribution >= 0.6 is 0 Å². The van der Waals surface area contributed by atoms with Gasteiger partial charge in [-0.05, 0) is 18.2 Å². The van der Waals surface area contributed by atoms with Crippen molar-refractivity contribution in [2.24, 2.45) is 0 Å². The van der Waals surface area contributed by atoms with E-state index in [-0.39, 0.29) is 11.4 Å². The lowest BCUT2D eigenvalue weighted by atomic mass is 10.2. The number of hydrogen-bond donors (Lipinski definition) is 2. The number of nitro groups is 1. The normalized spacial score (nSPS) is 9.70. The summed E-state index contributed by atoms with van der Waals surface area (Å²) in [5.74, 6) is 0.928. The molecule has 0 aliphatic carbocycles. The molecule has 7 heteroatoms. The number of carbonyl (C=O) groups excluding carboxylic acids is 1. The first kappa shape index (κ1) is 22.9. The molecule has 0 unspecified atom stereocenters. The number of aldehydes is 1. The largest absolute Gasteiger partial charge is 0.393 e. The highest BCUT2D eigenvalue weighted by atomic mass is 16.6. The van der Waals surface area contributed by atoms with Crippen LogP contribution in [0, 0.1) is 10.1 Å². The second-order valence-corrected chi connectivity index (χ2v) is 6.81. The number of benzene rings is 4. The van der Waals surface area contributed by atoms with Gasteiger partial charge in [-0.3, -0.25) is 14.9 Å². The molecule has 0 aliphatic rings. The number of rotatable bonds is 3. The molecule has 5 aromatic rings. The summed E-state index contributed by atoms with van der Waals surface area (Å²) in [6.45, 7) is 0. The van der Waals surface area contributed by atoms with Crippen molar-refractivity contribution in [1.82, 2.24) is 9.97 Å². The predicted molar refractivity (Wildman–Crippen MR) is 131 cm³/mol. The Morgan fingerprint density at radius 1 is 0.788 bits per heavy atom. The molecular weight excluding hydrogens is 416 g/mol. The highest BCUT2D eigenvalue weighted by Gasteiger charge is 2.07. The summed E-state index contributed by atoms with van der Waals surface area (Å²) in [5.41, 5.74) is 9.38. The van der Waals surface area contributed by atoms with Gasteiger partial charge in [-0.25, -0.2) is 4.98 Å². The Hall–Kier alpha value is -4.78. The molecule has 1 heterocycles. The van der Waals surface area contributed by atoms with E-state index in [9.17, 15) is 14.9 Å².